The fraction of sp³-hybridized carbons (Fsp3) is 0.400. The number of hydrogen-bond acceptors (Lipinski definition) is 15. The maximum Gasteiger partial charge on any atom is 0.383 e. The van der Waals surface area contributed by atoms with E-state index in [1.165, 1.54) is 35.9 Å². The molecule has 294 valence electrons. The van der Waals surface area contributed by atoms with Gasteiger partial charge in [0.1, 0.15) is 30.7 Å². The molecule has 1 saturated heterocycles. The summed E-state index contributed by atoms with van der Waals surface area (Å²) in [5, 5.41) is 0.236. The van der Waals surface area contributed by atoms with Gasteiger partial charge in [0.2, 0.25) is 12.4 Å². The van der Waals surface area contributed by atoms with Gasteiger partial charge in [0.25, 0.3) is 5.75 Å². The Kier molecular flexibility index (Phi) is 14.7. The minimum atomic E-state index is -1.55. The zero-order valence-electron chi connectivity index (χ0n) is 31.6. The van der Waals surface area contributed by atoms with Gasteiger partial charge in [-0.05, 0) is 64.0 Å². The first-order valence-electron chi connectivity index (χ1n) is 17.4. The number of fused-ring (bicyclic) bond motifs is 1. The topological polar surface area (TPSA) is 189 Å². The number of hydrogen-bond donors (Lipinski definition) is 0. The Morgan fingerprint density at radius 1 is 0.745 bits per heavy atom. The first-order chi connectivity index (χ1) is 26.1. The van der Waals surface area contributed by atoms with E-state index in [9.17, 15) is 28.8 Å². The third-order valence-corrected chi connectivity index (χ3v) is 7.95. The van der Waals surface area contributed by atoms with Crippen LogP contribution in [0.5, 0.6) is 17.2 Å². The second-order valence-corrected chi connectivity index (χ2v) is 12.8. The molecule has 2 aromatic carbocycles. The predicted molar refractivity (Wildman–Crippen MR) is 194 cm³/mol. The van der Waals surface area contributed by atoms with Crippen LogP contribution < -0.4 is 19.8 Å². The summed E-state index contributed by atoms with van der Waals surface area (Å²) in [5.74, 6) is -4.43. The van der Waals surface area contributed by atoms with E-state index in [1.807, 2.05) is 26.8 Å². The molecule has 0 unspecified atom stereocenters. The molecule has 0 amide bonds. The van der Waals surface area contributed by atoms with Crippen molar-refractivity contribution in [1.82, 2.24) is 0 Å². The molecule has 1 aromatic heterocycles. The van der Waals surface area contributed by atoms with Gasteiger partial charge in [0.15, 0.2) is 18.0 Å². The van der Waals surface area contributed by atoms with Gasteiger partial charge in [-0.3, -0.25) is 19.2 Å². The highest BCUT2D eigenvalue weighted by Crippen LogP contribution is 2.37. The van der Waals surface area contributed by atoms with Gasteiger partial charge in [-0.2, -0.15) is 0 Å². The van der Waals surface area contributed by atoms with E-state index in [1.54, 1.807) is 18.2 Å². The molecular weight excluding hydrogens is 720 g/mol. The molecule has 15 nitrogen and oxygen atoms in total. The fourth-order valence-corrected chi connectivity index (χ4v) is 5.54. The van der Waals surface area contributed by atoms with Crippen molar-refractivity contribution in [1.29, 1.82) is 0 Å². The lowest BCUT2D eigenvalue weighted by molar-refractivity contribution is -0.288. The Hall–Kier alpha value is -5.96. The first-order valence-corrected chi connectivity index (χ1v) is 17.4. The molecular formula is C40H44O15. The van der Waals surface area contributed by atoms with Gasteiger partial charge in [-0.25, -0.2) is 9.59 Å². The number of benzene rings is 2. The maximum absolute atomic E-state index is 13.4. The van der Waals surface area contributed by atoms with Crippen LogP contribution in [0, 0.1) is 0 Å². The average Bonchev–Trinajstić information content (AvgIpc) is 3.10. The monoisotopic (exact) mass is 764 g/mol. The summed E-state index contributed by atoms with van der Waals surface area (Å²) < 4.78 is 50.8. The van der Waals surface area contributed by atoms with Crippen LogP contribution in [0.15, 0.2) is 81.0 Å². The summed E-state index contributed by atoms with van der Waals surface area (Å²) in [5.41, 5.74) is 1.35. The van der Waals surface area contributed by atoms with Crippen molar-refractivity contribution in [3.8, 4) is 17.2 Å². The molecule has 0 radical (unpaired) electrons. The lowest BCUT2D eigenvalue weighted by Crippen LogP contribution is -2.63. The lowest BCUT2D eigenvalue weighted by Gasteiger charge is -2.43. The fourth-order valence-electron chi connectivity index (χ4n) is 5.54. The van der Waals surface area contributed by atoms with Crippen LogP contribution in [0.3, 0.4) is 0 Å². The summed E-state index contributed by atoms with van der Waals surface area (Å²) in [6.07, 6.45) is -1.58. The molecule has 1 aliphatic heterocycles. The van der Waals surface area contributed by atoms with Gasteiger partial charge in [0, 0.05) is 33.8 Å². The van der Waals surface area contributed by atoms with Crippen molar-refractivity contribution in [2.24, 2.45) is 0 Å². The molecule has 0 bridgehead atoms. The highest BCUT2D eigenvalue weighted by Gasteiger charge is 2.53. The van der Waals surface area contributed by atoms with Crippen LogP contribution >= 0.6 is 0 Å². The first kappa shape index (κ1) is 41.8. The molecule has 15 heteroatoms. The quantitative estimate of drug-likeness (QED) is 0.0810. The van der Waals surface area contributed by atoms with E-state index in [2.05, 4.69) is 6.08 Å². The zero-order valence-corrected chi connectivity index (χ0v) is 31.6. The van der Waals surface area contributed by atoms with E-state index in [0.29, 0.717) is 0 Å². The predicted octanol–water partition coefficient (Wildman–Crippen LogP) is 5.55. The SMILES string of the molecule is CC(=O)OC[C@H]1O[C@@H](Oc2ccc3c(OC/C=C(\C)CCC=C(C)C)c(OC(=O)c4ccccc4)c(=O)oc3c2)[C@H](OC(C)=O)[C@@H](OC(C)=O)[C@H]1OC(C)=O. The molecule has 1 fully saturated rings. The molecule has 3 aromatic rings. The Balaban J connectivity index is 1.74. The van der Waals surface area contributed by atoms with Crippen LogP contribution in [-0.2, 0) is 42.9 Å². The normalized spacial score (nSPS) is 19.4. The Labute approximate surface area is 317 Å². The Morgan fingerprint density at radius 3 is 2.04 bits per heavy atom. The Morgan fingerprint density at radius 2 is 1.40 bits per heavy atom. The molecule has 0 spiro atoms. The zero-order chi connectivity index (χ0) is 40.2. The summed E-state index contributed by atoms with van der Waals surface area (Å²) in [7, 11) is 0. The van der Waals surface area contributed by atoms with Gasteiger partial charge in [-0.15, -0.1) is 0 Å². The van der Waals surface area contributed by atoms with Crippen LogP contribution in [0.1, 0.15) is 71.7 Å². The maximum atomic E-state index is 13.4. The van der Waals surface area contributed by atoms with Gasteiger partial charge < -0.3 is 42.3 Å². The van der Waals surface area contributed by atoms with Gasteiger partial charge >= 0.3 is 35.5 Å². The van der Waals surface area contributed by atoms with E-state index in [4.69, 9.17) is 42.3 Å². The van der Waals surface area contributed by atoms with Crippen molar-refractivity contribution >= 4 is 40.8 Å². The van der Waals surface area contributed by atoms with Crippen molar-refractivity contribution in [3.63, 3.8) is 0 Å². The van der Waals surface area contributed by atoms with Gasteiger partial charge in [0.05, 0.1) is 10.9 Å². The average molecular weight is 765 g/mol. The molecule has 4 rings (SSSR count). The summed E-state index contributed by atoms with van der Waals surface area (Å²) in [6.45, 7) is 10.0. The molecule has 0 aliphatic carbocycles. The number of carbonyl (C=O) groups excluding carboxylic acids is 5. The summed E-state index contributed by atoms with van der Waals surface area (Å²) in [4.78, 5) is 74.8. The largest absolute Gasteiger partial charge is 0.485 e. The van der Waals surface area contributed by atoms with Crippen LogP contribution in [0.25, 0.3) is 11.0 Å². The smallest absolute Gasteiger partial charge is 0.383 e. The molecule has 0 saturated carbocycles. The van der Waals surface area contributed by atoms with Gasteiger partial charge in [-0.1, -0.05) is 35.4 Å². The third kappa shape index (κ3) is 12.0. The highest BCUT2D eigenvalue weighted by molar-refractivity contribution is 5.93. The van der Waals surface area contributed by atoms with Crippen molar-refractivity contribution in [2.75, 3.05) is 13.2 Å². The number of ether oxygens (including phenoxy) is 8. The van der Waals surface area contributed by atoms with Crippen LogP contribution in [0.2, 0.25) is 0 Å². The van der Waals surface area contributed by atoms with Crippen molar-refractivity contribution in [2.45, 2.75) is 92.0 Å². The minimum absolute atomic E-state index is 0.00606. The molecule has 2 heterocycles. The molecule has 1 aliphatic rings. The minimum Gasteiger partial charge on any atom is -0.485 e. The standard InChI is InChI=1S/C40H44O15/c1-22(2)12-11-13-23(3)18-19-47-33-30-17-16-29(20-31(30)53-39(46)36(33)55-38(45)28-14-9-8-10-15-28)52-40-37(51-27(7)44)35(50-26(6)43)34(49-25(5)42)32(54-40)21-48-24(4)41/h8-10,12,14-18,20,32,34-35,37,40H,11,13,19,21H2,1-7H3/b23-18+/t32-,34+,35+,37-,40-/m1/s1. The highest BCUT2D eigenvalue weighted by atomic mass is 16.7. The van der Waals surface area contributed by atoms with Crippen LogP contribution in [0.4, 0.5) is 0 Å². The summed E-state index contributed by atoms with van der Waals surface area (Å²) >= 11 is 0. The molecule has 5 atom stereocenters. The Bertz CT molecular complexity index is 1990. The lowest BCUT2D eigenvalue weighted by atomic mass is 9.98. The van der Waals surface area contributed by atoms with E-state index in [-0.39, 0.29) is 34.6 Å². The summed E-state index contributed by atoms with van der Waals surface area (Å²) in [6, 6.07) is 12.3. The number of carbonyl (C=O) groups is 5. The second kappa shape index (κ2) is 19.4. The molecule has 55 heavy (non-hydrogen) atoms. The number of allylic oxidation sites excluding steroid dienone is 3. The molecule has 0 N–H and O–H groups in total. The van der Waals surface area contributed by atoms with Crippen LogP contribution in [-0.4, -0.2) is 73.8 Å². The van der Waals surface area contributed by atoms with E-state index < -0.39 is 78.5 Å². The van der Waals surface area contributed by atoms with Crippen molar-refractivity contribution in [3.05, 3.63) is 87.8 Å². The second-order valence-electron chi connectivity index (χ2n) is 12.8. The van der Waals surface area contributed by atoms with E-state index >= 15 is 0 Å². The van der Waals surface area contributed by atoms with E-state index in [0.717, 1.165) is 46.1 Å². The third-order valence-electron chi connectivity index (χ3n) is 7.95. The number of rotatable bonds is 15. The van der Waals surface area contributed by atoms with Crippen molar-refractivity contribution < 1.29 is 66.3 Å². The number of esters is 5.